The number of aromatic nitrogens is 1. The molecule has 11 aromatic rings. The second-order valence-corrected chi connectivity index (χ2v) is 15.6. The van der Waals surface area contributed by atoms with Crippen molar-refractivity contribution in [1.29, 1.82) is 0 Å². The van der Waals surface area contributed by atoms with Crippen LogP contribution in [0.3, 0.4) is 0 Å². The van der Waals surface area contributed by atoms with E-state index in [1.807, 2.05) is 11.3 Å². The molecule has 56 heavy (non-hydrogen) atoms. The largest absolute Gasteiger partial charge is 0.309 e. The van der Waals surface area contributed by atoms with Crippen LogP contribution >= 0.6 is 11.3 Å². The van der Waals surface area contributed by atoms with Gasteiger partial charge in [-0.3, -0.25) is 0 Å². The summed E-state index contributed by atoms with van der Waals surface area (Å²) in [5.74, 6) is 0. The lowest BCUT2D eigenvalue weighted by molar-refractivity contribution is 1.18. The van der Waals surface area contributed by atoms with Crippen LogP contribution in [-0.2, 0) is 0 Å². The van der Waals surface area contributed by atoms with E-state index in [0.717, 1.165) is 5.69 Å². The molecule has 0 unspecified atom stereocenters. The van der Waals surface area contributed by atoms with Crippen molar-refractivity contribution in [3.63, 3.8) is 0 Å². The van der Waals surface area contributed by atoms with Gasteiger partial charge in [0.15, 0.2) is 0 Å². The second-order valence-electron chi connectivity index (χ2n) is 14.5. The van der Waals surface area contributed by atoms with E-state index in [4.69, 9.17) is 0 Å². The molecular formula is C54H35NS. The lowest BCUT2D eigenvalue weighted by Gasteiger charge is -2.13. The molecule has 0 aliphatic rings. The minimum Gasteiger partial charge on any atom is -0.309 e. The molecule has 0 bridgehead atoms. The van der Waals surface area contributed by atoms with Gasteiger partial charge in [-0.25, -0.2) is 0 Å². The van der Waals surface area contributed by atoms with Gasteiger partial charge in [-0.05, 0) is 122 Å². The SMILES string of the molecule is c1ccc(-c2cccc(-c3cc(-c4ccc5c(c4)c4cc(-c6ccccc6)ccc4n5-c4ccccc4)cc(-c4cccc5c4sc4ccccc45)c3)c2)cc1. The highest BCUT2D eigenvalue weighted by atomic mass is 32.1. The Balaban J connectivity index is 1.15. The third kappa shape index (κ3) is 5.54. The van der Waals surface area contributed by atoms with Gasteiger partial charge in [0.25, 0.3) is 0 Å². The predicted octanol–water partition coefficient (Wildman–Crippen LogP) is 15.5. The Labute approximate surface area is 330 Å². The smallest absolute Gasteiger partial charge is 0.0541 e. The Kier molecular flexibility index (Phi) is 7.75. The first kappa shape index (κ1) is 32.4. The lowest BCUT2D eigenvalue weighted by atomic mass is 9.91. The summed E-state index contributed by atoms with van der Waals surface area (Å²) in [7, 11) is 0. The average molecular weight is 730 g/mol. The lowest BCUT2D eigenvalue weighted by Crippen LogP contribution is -1.93. The van der Waals surface area contributed by atoms with E-state index >= 15 is 0 Å². The summed E-state index contributed by atoms with van der Waals surface area (Å²) in [5, 5.41) is 5.11. The molecule has 0 radical (unpaired) electrons. The molecule has 11 rings (SSSR count). The van der Waals surface area contributed by atoms with Crippen molar-refractivity contribution in [2.45, 2.75) is 0 Å². The van der Waals surface area contributed by atoms with Crippen LogP contribution in [0.15, 0.2) is 212 Å². The van der Waals surface area contributed by atoms with Crippen LogP contribution < -0.4 is 0 Å². The summed E-state index contributed by atoms with van der Waals surface area (Å²) < 4.78 is 5.05. The van der Waals surface area contributed by atoms with Crippen molar-refractivity contribution in [3.05, 3.63) is 212 Å². The predicted molar refractivity (Wildman–Crippen MR) is 241 cm³/mol. The van der Waals surface area contributed by atoms with Gasteiger partial charge in [-0.15, -0.1) is 11.3 Å². The number of thiophene rings is 1. The summed E-state index contributed by atoms with van der Waals surface area (Å²) in [6, 6.07) is 77.8. The highest BCUT2D eigenvalue weighted by Gasteiger charge is 2.17. The van der Waals surface area contributed by atoms with Crippen LogP contribution in [0.1, 0.15) is 0 Å². The van der Waals surface area contributed by atoms with Crippen molar-refractivity contribution < 1.29 is 0 Å². The fraction of sp³-hybridized carbons (Fsp3) is 0. The van der Waals surface area contributed by atoms with Gasteiger partial charge < -0.3 is 4.57 Å². The van der Waals surface area contributed by atoms with Gasteiger partial charge >= 0.3 is 0 Å². The molecule has 0 saturated carbocycles. The van der Waals surface area contributed by atoms with E-state index in [9.17, 15) is 0 Å². The zero-order valence-electron chi connectivity index (χ0n) is 30.6. The first-order valence-corrected chi connectivity index (χ1v) is 20.0. The summed E-state index contributed by atoms with van der Waals surface area (Å²) in [4.78, 5) is 0. The van der Waals surface area contributed by atoms with E-state index in [0.29, 0.717) is 0 Å². The molecule has 0 saturated heterocycles. The molecule has 2 heterocycles. The maximum atomic E-state index is 2.41. The molecule has 0 atom stereocenters. The van der Waals surface area contributed by atoms with E-state index in [1.165, 1.54) is 97.6 Å². The Morgan fingerprint density at radius 1 is 0.286 bits per heavy atom. The Morgan fingerprint density at radius 3 is 1.41 bits per heavy atom. The van der Waals surface area contributed by atoms with Gasteiger partial charge in [0.05, 0.1) is 11.0 Å². The monoisotopic (exact) mass is 729 g/mol. The highest BCUT2D eigenvalue weighted by Crippen LogP contribution is 2.43. The number of para-hydroxylation sites is 1. The Bertz CT molecular complexity index is 3230. The molecular weight excluding hydrogens is 695 g/mol. The molecule has 0 N–H and O–H groups in total. The minimum absolute atomic E-state index is 1.16. The number of hydrogen-bond donors (Lipinski definition) is 0. The zero-order chi connectivity index (χ0) is 37.0. The van der Waals surface area contributed by atoms with Crippen LogP contribution in [0.2, 0.25) is 0 Å². The number of hydrogen-bond acceptors (Lipinski definition) is 1. The Morgan fingerprint density at radius 2 is 0.750 bits per heavy atom. The first-order chi connectivity index (χ1) is 27.7. The minimum atomic E-state index is 1.16. The maximum absolute atomic E-state index is 2.41. The van der Waals surface area contributed by atoms with Crippen LogP contribution in [0.25, 0.3) is 103 Å². The molecule has 0 aliphatic carbocycles. The van der Waals surface area contributed by atoms with Crippen LogP contribution in [0, 0.1) is 0 Å². The number of nitrogens with zero attached hydrogens (tertiary/aromatic N) is 1. The van der Waals surface area contributed by atoms with E-state index in [1.54, 1.807) is 0 Å². The standard InChI is InChI=1S/C54H35NS/c1-4-14-36(15-5-1)38-18-12-19-39(30-38)42-31-43(33-44(32-42)46-23-13-24-48-47-22-10-11-25-53(47)56-54(46)48)41-27-29-52-50(35-41)49-34-40(37-16-6-2-7-17-37)26-28-51(49)55(52)45-20-8-3-9-21-45/h1-35H. The molecule has 0 spiro atoms. The molecule has 0 aliphatic heterocycles. The average Bonchev–Trinajstić information content (AvgIpc) is 3.82. The van der Waals surface area contributed by atoms with Crippen LogP contribution in [0.4, 0.5) is 0 Å². The van der Waals surface area contributed by atoms with Crippen LogP contribution in [-0.4, -0.2) is 4.57 Å². The summed E-state index contributed by atoms with van der Waals surface area (Å²) in [5.41, 5.74) is 15.7. The first-order valence-electron chi connectivity index (χ1n) is 19.2. The fourth-order valence-electron chi connectivity index (χ4n) is 8.47. The summed E-state index contributed by atoms with van der Waals surface area (Å²) in [6.45, 7) is 0. The highest BCUT2D eigenvalue weighted by molar-refractivity contribution is 7.26. The molecule has 9 aromatic carbocycles. The molecule has 2 aromatic heterocycles. The summed E-state index contributed by atoms with van der Waals surface area (Å²) >= 11 is 1.89. The third-order valence-corrected chi connectivity index (χ3v) is 12.4. The van der Waals surface area contributed by atoms with Crippen LogP contribution in [0.5, 0.6) is 0 Å². The van der Waals surface area contributed by atoms with E-state index < -0.39 is 0 Å². The molecule has 0 fully saturated rings. The Hall–Kier alpha value is -7.00. The number of rotatable bonds is 6. The van der Waals surface area contributed by atoms with Gasteiger partial charge in [-0.2, -0.15) is 0 Å². The molecule has 262 valence electrons. The van der Waals surface area contributed by atoms with Gasteiger partial charge in [0.2, 0.25) is 0 Å². The normalized spacial score (nSPS) is 11.6. The third-order valence-electron chi connectivity index (χ3n) is 11.2. The van der Waals surface area contributed by atoms with Crippen molar-refractivity contribution in [1.82, 2.24) is 4.57 Å². The van der Waals surface area contributed by atoms with Crippen molar-refractivity contribution in [2.75, 3.05) is 0 Å². The number of benzene rings is 9. The maximum Gasteiger partial charge on any atom is 0.0541 e. The molecule has 1 nitrogen and oxygen atoms in total. The van der Waals surface area contributed by atoms with E-state index in [-0.39, 0.29) is 0 Å². The quantitative estimate of drug-likeness (QED) is 0.161. The van der Waals surface area contributed by atoms with Gasteiger partial charge in [0, 0.05) is 36.6 Å². The zero-order valence-corrected chi connectivity index (χ0v) is 31.4. The van der Waals surface area contributed by atoms with Crippen molar-refractivity contribution in [2.24, 2.45) is 0 Å². The number of fused-ring (bicyclic) bond motifs is 6. The van der Waals surface area contributed by atoms with Gasteiger partial charge in [-0.1, -0.05) is 146 Å². The molecule has 2 heteroatoms. The van der Waals surface area contributed by atoms with Crippen molar-refractivity contribution >= 4 is 53.3 Å². The topological polar surface area (TPSA) is 4.93 Å². The second kappa shape index (κ2) is 13.4. The molecule has 0 amide bonds. The van der Waals surface area contributed by atoms with Gasteiger partial charge in [0.1, 0.15) is 0 Å². The fourth-order valence-corrected chi connectivity index (χ4v) is 9.71. The van der Waals surface area contributed by atoms with E-state index in [2.05, 4.69) is 217 Å². The van der Waals surface area contributed by atoms with Crippen molar-refractivity contribution in [3.8, 4) is 61.3 Å². The summed E-state index contributed by atoms with van der Waals surface area (Å²) in [6.07, 6.45) is 0.